The summed E-state index contributed by atoms with van der Waals surface area (Å²) in [6, 6.07) is 5.22. The van der Waals surface area contributed by atoms with E-state index in [9.17, 15) is 4.79 Å². The van der Waals surface area contributed by atoms with Crippen LogP contribution in [-0.2, 0) is 6.42 Å². The van der Waals surface area contributed by atoms with E-state index in [1.807, 2.05) is 6.07 Å². The van der Waals surface area contributed by atoms with Gasteiger partial charge in [0.25, 0.3) is 0 Å². The van der Waals surface area contributed by atoms with E-state index in [0.717, 1.165) is 11.3 Å². The summed E-state index contributed by atoms with van der Waals surface area (Å²) < 4.78 is 5.41. The van der Waals surface area contributed by atoms with Crippen LogP contribution in [0.1, 0.15) is 5.56 Å². The van der Waals surface area contributed by atoms with Gasteiger partial charge in [0.05, 0.1) is 6.04 Å². The highest BCUT2D eigenvalue weighted by Crippen LogP contribution is 2.26. The fourth-order valence-electron chi connectivity index (χ4n) is 1.66. The maximum atomic E-state index is 10.4. The Hall–Kier alpha value is -1.91. The summed E-state index contributed by atoms with van der Waals surface area (Å²) in [6.45, 7) is 0.350. The first-order valence-corrected chi connectivity index (χ1v) is 4.66. The highest BCUT2D eigenvalue weighted by atomic mass is 16.5. The lowest BCUT2D eigenvalue weighted by atomic mass is 10.0. The van der Waals surface area contributed by atoms with Crippen LogP contribution in [0, 0.1) is 0 Å². The van der Waals surface area contributed by atoms with Crippen molar-refractivity contribution in [3.8, 4) is 5.75 Å². The lowest BCUT2D eigenvalue weighted by molar-refractivity contribution is 0.176. The third kappa shape index (κ3) is 2.12. The third-order valence-electron chi connectivity index (χ3n) is 2.33. The molecule has 1 unspecified atom stereocenters. The Morgan fingerprint density at radius 3 is 3.13 bits per heavy atom. The Balaban J connectivity index is 2.13. The van der Waals surface area contributed by atoms with Crippen molar-refractivity contribution in [3.63, 3.8) is 0 Å². The molecule has 1 atom stereocenters. The Bertz CT molecular complexity index is 392. The van der Waals surface area contributed by atoms with Crippen LogP contribution >= 0.6 is 0 Å². The third-order valence-corrected chi connectivity index (χ3v) is 2.33. The van der Waals surface area contributed by atoms with Crippen molar-refractivity contribution >= 4 is 11.8 Å². The molecule has 1 amide bonds. The predicted molar refractivity (Wildman–Crippen MR) is 55.0 cm³/mol. The first-order chi connectivity index (χ1) is 7.15. The fourth-order valence-corrected chi connectivity index (χ4v) is 1.66. The molecule has 0 fully saturated rings. The largest absolute Gasteiger partial charge is 0.491 e. The standard InChI is InChI=1S/C10H12N2O3/c11-7-2-1-6-3-8(12-10(13)14)5-15-9(6)4-7/h1-2,4,8,12H,3,5,11H2,(H,13,14). The molecule has 5 heteroatoms. The SMILES string of the molecule is Nc1ccc2c(c1)OCC(NC(=O)O)C2. The Morgan fingerprint density at radius 2 is 2.40 bits per heavy atom. The summed E-state index contributed by atoms with van der Waals surface area (Å²) >= 11 is 0. The van der Waals surface area contributed by atoms with Crippen LogP contribution in [0.3, 0.4) is 0 Å². The molecular formula is C10H12N2O3. The number of hydrogen-bond donors (Lipinski definition) is 3. The molecule has 0 aliphatic carbocycles. The van der Waals surface area contributed by atoms with Gasteiger partial charge in [-0.1, -0.05) is 6.07 Å². The summed E-state index contributed by atoms with van der Waals surface area (Å²) in [4.78, 5) is 10.4. The number of carboxylic acid groups (broad SMARTS) is 1. The minimum Gasteiger partial charge on any atom is -0.491 e. The Kier molecular flexibility index (Phi) is 2.37. The second-order valence-electron chi connectivity index (χ2n) is 3.53. The van der Waals surface area contributed by atoms with Crippen molar-refractivity contribution < 1.29 is 14.6 Å². The van der Waals surface area contributed by atoms with E-state index < -0.39 is 6.09 Å². The molecule has 1 aromatic carbocycles. The van der Waals surface area contributed by atoms with Crippen LogP contribution in [0.4, 0.5) is 10.5 Å². The number of amides is 1. The van der Waals surface area contributed by atoms with Crippen LogP contribution in [-0.4, -0.2) is 23.8 Å². The van der Waals surface area contributed by atoms with Gasteiger partial charge in [0.2, 0.25) is 0 Å². The van der Waals surface area contributed by atoms with Crippen molar-refractivity contribution in [2.75, 3.05) is 12.3 Å². The van der Waals surface area contributed by atoms with E-state index in [1.54, 1.807) is 12.1 Å². The molecule has 0 radical (unpaired) electrons. The maximum Gasteiger partial charge on any atom is 0.405 e. The average Bonchev–Trinajstić information content (AvgIpc) is 2.17. The first kappa shape index (κ1) is 9.64. The molecular weight excluding hydrogens is 196 g/mol. The monoisotopic (exact) mass is 208 g/mol. The zero-order valence-corrected chi connectivity index (χ0v) is 8.06. The molecule has 5 nitrogen and oxygen atoms in total. The van der Waals surface area contributed by atoms with Crippen molar-refractivity contribution in [3.05, 3.63) is 23.8 Å². The molecule has 4 N–H and O–H groups in total. The highest BCUT2D eigenvalue weighted by molar-refractivity contribution is 5.65. The number of anilines is 1. The second-order valence-corrected chi connectivity index (χ2v) is 3.53. The zero-order chi connectivity index (χ0) is 10.8. The summed E-state index contributed by atoms with van der Waals surface area (Å²) in [5.41, 5.74) is 7.24. The van der Waals surface area contributed by atoms with Crippen LogP contribution in [0.15, 0.2) is 18.2 Å². The molecule has 0 bridgehead atoms. The van der Waals surface area contributed by atoms with Crippen molar-refractivity contribution in [2.24, 2.45) is 0 Å². The van der Waals surface area contributed by atoms with Crippen molar-refractivity contribution in [1.82, 2.24) is 5.32 Å². The molecule has 1 heterocycles. The average molecular weight is 208 g/mol. The van der Waals surface area contributed by atoms with Crippen LogP contribution in [0.2, 0.25) is 0 Å². The number of fused-ring (bicyclic) bond motifs is 1. The summed E-state index contributed by atoms with van der Waals surface area (Å²) in [5.74, 6) is 0.749. The topological polar surface area (TPSA) is 84.6 Å². The van der Waals surface area contributed by atoms with Gasteiger partial charge in [0, 0.05) is 11.8 Å². The lowest BCUT2D eigenvalue weighted by Gasteiger charge is -2.25. The van der Waals surface area contributed by atoms with E-state index in [4.69, 9.17) is 15.6 Å². The summed E-state index contributed by atoms with van der Waals surface area (Å²) in [5, 5.41) is 11.0. The Morgan fingerprint density at radius 1 is 1.60 bits per heavy atom. The zero-order valence-electron chi connectivity index (χ0n) is 8.06. The number of nitrogens with two attached hydrogens (primary N) is 1. The number of nitrogen functional groups attached to an aromatic ring is 1. The first-order valence-electron chi connectivity index (χ1n) is 4.66. The van der Waals surface area contributed by atoms with E-state index in [0.29, 0.717) is 18.7 Å². The van der Waals surface area contributed by atoms with Gasteiger partial charge in [-0.15, -0.1) is 0 Å². The van der Waals surface area contributed by atoms with Crippen molar-refractivity contribution in [2.45, 2.75) is 12.5 Å². The molecule has 0 saturated carbocycles. The molecule has 15 heavy (non-hydrogen) atoms. The molecule has 0 spiro atoms. The van der Waals surface area contributed by atoms with E-state index in [-0.39, 0.29) is 6.04 Å². The molecule has 0 aromatic heterocycles. The van der Waals surface area contributed by atoms with E-state index in [1.165, 1.54) is 0 Å². The molecule has 80 valence electrons. The van der Waals surface area contributed by atoms with Gasteiger partial charge in [-0.25, -0.2) is 4.79 Å². The number of nitrogens with one attached hydrogen (secondary N) is 1. The normalized spacial score (nSPS) is 18.8. The van der Waals surface area contributed by atoms with Gasteiger partial charge in [-0.3, -0.25) is 0 Å². The van der Waals surface area contributed by atoms with E-state index >= 15 is 0 Å². The molecule has 2 rings (SSSR count). The smallest absolute Gasteiger partial charge is 0.405 e. The van der Waals surface area contributed by atoms with E-state index in [2.05, 4.69) is 5.32 Å². The van der Waals surface area contributed by atoms with Crippen LogP contribution in [0.25, 0.3) is 0 Å². The highest BCUT2D eigenvalue weighted by Gasteiger charge is 2.20. The number of carbonyl (C=O) groups is 1. The van der Waals surface area contributed by atoms with Crippen molar-refractivity contribution in [1.29, 1.82) is 0 Å². The van der Waals surface area contributed by atoms with Crippen LogP contribution in [0.5, 0.6) is 5.75 Å². The molecule has 1 aliphatic heterocycles. The molecule has 1 aliphatic rings. The quantitative estimate of drug-likeness (QED) is 0.597. The van der Waals surface area contributed by atoms with Gasteiger partial charge < -0.3 is 20.9 Å². The predicted octanol–water partition coefficient (Wildman–Crippen LogP) is 0.840. The maximum absolute atomic E-state index is 10.4. The summed E-state index contributed by atoms with van der Waals surface area (Å²) in [7, 11) is 0. The number of benzene rings is 1. The number of hydrogen-bond acceptors (Lipinski definition) is 3. The minimum atomic E-state index is -1.03. The lowest BCUT2D eigenvalue weighted by Crippen LogP contribution is -2.42. The second kappa shape index (κ2) is 3.68. The van der Waals surface area contributed by atoms with Gasteiger partial charge in [-0.05, 0) is 18.1 Å². The van der Waals surface area contributed by atoms with Gasteiger partial charge in [0.15, 0.2) is 0 Å². The summed E-state index contributed by atoms with van der Waals surface area (Å²) in [6.07, 6.45) is -0.385. The van der Waals surface area contributed by atoms with Gasteiger partial charge in [0.1, 0.15) is 12.4 Å². The van der Waals surface area contributed by atoms with Crippen LogP contribution < -0.4 is 15.8 Å². The van der Waals surface area contributed by atoms with Gasteiger partial charge in [-0.2, -0.15) is 0 Å². The molecule has 0 saturated heterocycles. The Labute approximate surface area is 86.8 Å². The number of ether oxygens (including phenoxy) is 1. The minimum absolute atomic E-state index is 0.182. The van der Waals surface area contributed by atoms with Gasteiger partial charge >= 0.3 is 6.09 Å². The fraction of sp³-hybridized carbons (Fsp3) is 0.300. The molecule has 1 aromatic rings. The number of rotatable bonds is 1.